The summed E-state index contributed by atoms with van der Waals surface area (Å²) in [6.07, 6.45) is -1.99. The molecule has 12 nitrogen and oxygen atoms in total. The van der Waals surface area contributed by atoms with Crippen molar-refractivity contribution < 1.29 is 36.3 Å². The van der Waals surface area contributed by atoms with Gasteiger partial charge >= 0.3 is 18.8 Å². The van der Waals surface area contributed by atoms with Crippen molar-refractivity contribution in [3.8, 4) is 22.5 Å². The fourth-order valence-electron chi connectivity index (χ4n) is 4.68. The van der Waals surface area contributed by atoms with E-state index in [0.717, 1.165) is 24.9 Å². The van der Waals surface area contributed by atoms with Crippen LogP contribution in [0.4, 0.5) is 26.7 Å². The molecule has 0 aliphatic rings. The van der Waals surface area contributed by atoms with Crippen LogP contribution in [0, 0.1) is 10.8 Å². The maximum atomic E-state index is 14.4. The molecule has 0 saturated carbocycles. The molecule has 51 heavy (non-hydrogen) atoms. The molecule has 2 heterocycles. The molecule has 0 aliphatic carbocycles. The molecule has 0 unspecified atom stereocenters. The van der Waals surface area contributed by atoms with Crippen molar-refractivity contribution in [2.24, 2.45) is 5.41 Å². The van der Waals surface area contributed by atoms with Crippen LogP contribution in [0.1, 0.15) is 69.6 Å². The molecule has 4 aromatic rings. The molecule has 0 saturated heterocycles. The Bertz CT molecular complexity index is 1820. The van der Waals surface area contributed by atoms with Gasteiger partial charge in [0.2, 0.25) is 0 Å². The first-order chi connectivity index (χ1) is 23.8. The van der Waals surface area contributed by atoms with E-state index in [9.17, 15) is 31.5 Å². The summed E-state index contributed by atoms with van der Waals surface area (Å²) in [6.45, 7) is 4.22. The maximum Gasteiger partial charge on any atom is 0.411 e. The molecule has 0 radical (unpaired) electrons. The zero-order chi connectivity index (χ0) is 37.7. The van der Waals surface area contributed by atoms with Gasteiger partial charge in [-0.3, -0.25) is 20.2 Å². The second-order valence-corrected chi connectivity index (χ2v) is 13.7. The minimum absolute atomic E-state index is 0.0550. The smallest absolute Gasteiger partial charge is 0.411 e. The van der Waals surface area contributed by atoms with Crippen LogP contribution in [0.3, 0.4) is 0 Å². The van der Waals surface area contributed by atoms with Gasteiger partial charge in [-0.05, 0) is 61.1 Å². The van der Waals surface area contributed by atoms with Gasteiger partial charge in [0.05, 0.1) is 17.3 Å². The lowest BCUT2D eigenvalue weighted by molar-refractivity contribution is -0.183. The molecule has 2 aromatic heterocycles. The van der Waals surface area contributed by atoms with Crippen LogP contribution in [-0.2, 0) is 4.74 Å². The molecule has 18 heteroatoms. The van der Waals surface area contributed by atoms with Crippen LogP contribution in [0.2, 0.25) is 5.02 Å². The van der Waals surface area contributed by atoms with Crippen LogP contribution < -0.4 is 10.6 Å². The van der Waals surface area contributed by atoms with E-state index in [0.29, 0.717) is 27.8 Å². The Morgan fingerprint density at radius 3 is 2.31 bits per heavy atom. The number of aromatic nitrogens is 5. The number of guanidine groups is 1. The predicted octanol–water partition coefficient (Wildman–Crippen LogP) is 7.59. The van der Waals surface area contributed by atoms with Crippen molar-refractivity contribution in [1.82, 2.24) is 40.5 Å². The number of rotatable bonds is 11. The summed E-state index contributed by atoms with van der Waals surface area (Å²) >= 11 is 6.46. The number of ether oxygens (including phenoxy) is 1. The highest BCUT2D eigenvalue weighted by Crippen LogP contribution is 2.33. The Kier molecular flexibility index (Phi) is 11.7. The molecular formula is C33H37ClF5N9O3. The van der Waals surface area contributed by atoms with Gasteiger partial charge in [-0.2, -0.15) is 32.1 Å². The van der Waals surface area contributed by atoms with Crippen LogP contribution in [0.15, 0.2) is 61.2 Å². The third-order valence-electron chi connectivity index (χ3n) is 7.75. The number of carbonyl (C=O) groups excluding carboxylic acids is 2. The summed E-state index contributed by atoms with van der Waals surface area (Å²) < 4.78 is 72.7. The van der Waals surface area contributed by atoms with Crippen molar-refractivity contribution >= 4 is 29.6 Å². The number of H-pyrrole nitrogens is 1. The highest BCUT2D eigenvalue weighted by atomic mass is 35.5. The number of carbonyl (C=O) groups is 2. The van der Waals surface area contributed by atoms with Crippen LogP contribution in [0.25, 0.3) is 22.5 Å². The number of amides is 2. The van der Waals surface area contributed by atoms with Crippen LogP contribution >= 0.6 is 11.6 Å². The average Bonchev–Trinajstić information content (AvgIpc) is 3.75. The SMILES string of the molecule is CC(C)(C)CCNC(=N)N(C(=O)c1ccc(-c2cnn(C(F)F)c2)cc1)[C@H](COC(=O)NC(C)(C)C(F)(F)F)c1ccc(Cl)c(-c2ncn[nH]2)c1. The largest absolute Gasteiger partial charge is 0.447 e. The van der Waals surface area contributed by atoms with Crippen molar-refractivity contribution in [2.45, 2.75) is 65.3 Å². The number of alkyl halides is 5. The second-order valence-electron chi connectivity index (χ2n) is 13.3. The van der Waals surface area contributed by atoms with E-state index in [4.69, 9.17) is 21.7 Å². The zero-order valence-corrected chi connectivity index (χ0v) is 29.0. The normalized spacial score (nSPS) is 12.8. The Labute approximate surface area is 295 Å². The average molecular weight is 738 g/mol. The lowest BCUT2D eigenvalue weighted by Gasteiger charge is -2.34. The highest BCUT2D eigenvalue weighted by molar-refractivity contribution is 6.33. The zero-order valence-electron chi connectivity index (χ0n) is 28.3. The van der Waals surface area contributed by atoms with E-state index in [1.807, 2.05) is 20.8 Å². The quantitative estimate of drug-likeness (QED) is 0.0703. The van der Waals surface area contributed by atoms with Gasteiger partial charge in [0.1, 0.15) is 18.5 Å². The number of aromatic amines is 1. The number of hydrogen-bond acceptors (Lipinski definition) is 7. The standard InChI is InChI=1S/C33H37ClF5N9O3/c1-31(2,3)12-13-41-29(40)48(27(49)20-8-6-19(7-9-20)22-15-44-47(16-22)28(35)36)25(17-51-30(50)45-32(4,5)33(37,38)39)21-10-11-24(34)23(14-21)26-42-18-43-46-26/h6-11,14-16,18,25,28H,12-13,17H2,1-5H3,(H2,40,41)(H,45,50)(H,42,43,46)/t25-/m1/s1. The van der Waals surface area contributed by atoms with Gasteiger partial charge in [0.15, 0.2) is 11.8 Å². The first kappa shape index (κ1) is 38.7. The monoisotopic (exact) mass is 737 g/mol. The number of hydrogen-bond donors (Lipinski definition) is 4. The molecule has 1 atom stereocenters. The summed E-state index contributed by atoms with van der Waals surface area (Å²) in [5.74, 6) is -0.889. The van der Waals surface area contributed by atoms with E-state index in [-0.39, 0.29) is 33.9 Å². The summed E-state index contributed by atoms with van der Waals surface area (Å²) in [5, 5.41) is 24.2. The molecule has 0 spiro atoms. The second kappa shape index (κ2) is 15.4. The molecule has 0 fully saturated rings. The molecule has 0 aliphatic heterocycles. The Morgan fingerprint density at radius 1 is 1.06 bits per heavy atom. The van der Waals surface area contributed by atoms with Gasteiger partial charge in [-0.25, -0.2) is 14.5 Å². The first-order valence-electron chi connectivity index (χ1n) is 15.5. The summed E-state index contributed by atoms with van der Waals surface area (Å²) in [4.78, 5) is 32.3. The maximum absolute atomic E-state index is 14.4. The Balaban J connectivity index is 1.76. The van der Waals surface area contributed by atoms with Gasteiger partial charge in [-0.1, -0.05) is 50.6 Å². The molecule has 274 valence electrons. The number of nitrogens with zero attached hydrogens (tertiary/aromatic N) is 5. The molecule has 2 amide bonds. The molecule has 4 N–H and O–H groups in total. The minimum atomic E-state index is -4.81. The van der Waals surface area contributed by atoms with Gasteiger partial charge in [0, 0.05) is 29.4 Å². The summed E-state index contributed by atoms with van der Waals surface area (Å²) in [6, 6.07) is 9.10. The van der Waals surface area contributed by atoms with Gasteiger partial charge < -0.3 is 15.4 Å². The lowest BCUT2D eigenvalue weighted by atomic mass is 9.92. The van der Waals surface area contributed by atoms with Gasteiger partial charge in [0.25, 0.3) is 5.91 Å². The Hall–Kier alpha value is -5.06. The minimum Gasteiger partial charge on any atom is -0.447 e. The summed E-state index contributed by atoms with van der Waals surface area (Å²) in [7, 11) is 0. The topological polar surface area (TPSA) is 154 Å². The van der Waals surface area contributed by atoms with Crippen molar-refractivity contribution in [1.29, 1.82) is 5.41 Å². The van der Waals surface area contributed by atoms with E-state index in [1.54, 1.807) is 5.32 Å². The number of halogens is 6. The van der Waals surface area contributed by atoms with Crippen LogP contribution in [0.5, 0.6) is 0 Å². The van der Waals surface area contributed by atoms with E-state index < -0.39 is 48.9 Å². The third-order valence-corrected chi connectivity index (χ3v) is 8.08. The van der Waals surface area contributed by atoms with Crippen molar-refractivity contribution in [3.05, 3.63) is 77.3 Å². The lowest BCUT2D eigenvalue weighted by Crippen LogP contribution is -2.55. The summed E-state index contributed by atoms with van der Waals surface area (Å²) in [5.41, 5.74) is -1.29. The third kappa shape index (κ3) is 9.80. The predicted molar refractivity (Wildman–Crippen MR) is 179 cm³/mol. The van der Waals surface area contributed by atoms with Crippen molar-refractivity contribution in [2.75, 3.05) is 13.2 Å². The number of nitrogens with one attached hydrogen (secondary N) is 4. The Morgan fingerprint density at radius 2 is 1.75 bits per heavy atom. The van der Waals surface area contributed by atoms with E-state index >= 15 is 0 Å². The molecule has 2 aromatic carbocycles. The number of alkyl carbamates (subject to hydrolysis) is 1. The number of benzene rings is 2. The molecular weight excluding hydrogens is 701 g/mol. The fraction of sp³-hybridized carbons (Fsp3) is 0.394. The first-order valence-corrected chi connectivity index (χ1v) is 15.9. The fourth-order valence-corrected chi connectivity index (χ4v) is 4.89. The molecule has 0 bridgehead atoms. The van der Waals surface area contributed by atoms with Crippen LogP contribution in [-0.4, -0.2) is 72.7 Å². The van der Waals surface area contributed by atoms with E-state index in [1.165, 1.54) is 55.0 Å². The highest BCUT2D eigenvalue weighted by Gasteiger charge is 2.49. The van der Waals surface area contributed by atoms with Crippen molar-refractivity contribution in [3.63, 3.8) is 0 Å². The molecule has 4 rings (SSSR count). The van der Waals surface area contributed by atoms with Gasteiger partial charge in [-0.15, -0.1) is 0 Å². The van der Waals surface area contributed by atoms with E-state index in [2.05, 4.69) is 25.6 Å².